The molecule has 0 heterocycles. The molecule has 11 heteroatoms. The van der Waals surface area contributed by atoms with Crippen molar-refractivity contribution < 1.29 is 25.6 Å². The summed E-state index contributed by atoms with van der Waals surface area (Å²) in [5.41, 5.74) is 8.62. The molecule has 3 aromatic rings. The maximum Gasteiger partial charge on any atom is 0.425 e. The molecule has 0 amide bonds. The number of aryl methyl sites for hydroxylation is 1. The number of azo groups is 1. The second-order valence-corrected chi connectivity index (χ2v) is 7.38. The molecule has 0 radical (unpaired) electrons. The van der Waals surface area contributed by atoms with Gasteiger partial charge in [-0.2, -0.15) is 13.5 Å². The largest absolute Gasteiger partial charge is 0.425 e. The van der Waals surface area contributed by atoms with Gasteiger partial charge < -0.3 is 5.73 Å². The number of hydrogen-bond donors (Lipinski definition) is 2. The highest BCUT2D eigenvalue weighted by atomic mass is 32.2. The molecule has 0 bridgehead atoms. The quantitative estimate of drug-likeness (QED) is 0.373. The third-order valence-corrected chi connectivity index (χ3v) is 4.53. The van der Waals surface area contributed by atoms with Crippen LogP contribution in [0, 0.1) is 6.92 Å². The van der Waals surface area contributed by atoms with Crippen LogP contribution in [0.4, 0.5) is 17.1 Å². The van der Waals surface area contributed by atoms with Crippen LogP contribution in [0.2, 0.25) is 0 Å². The van der Waals surface area contributed by atoms with Crippen LogP contribution in [-0.2, 0) is 20.7 Å². The molecule has 0 atom stereocenters. The van der Waals surface area contributed by atoms with Gasteiger partial charge in [-0.25, -0.2) is 0 Å². The summed E-state index contributed by atoms with van der Waals surface area (Å²) in [4.78, 5) is -0.213. The smallest absolute Gasteiger partial charge is 0.398 e. The molecule has 3 aromatic carbocycles. The topological polar surface area (TPSA) is 156 Å². The Hall–Kier alpha value is -3.15. The summed E-state index contributed by atoms with van der Waals surface area (Å²) < 4.78 is 57.1. The van der Waals surface area contributed by atoms with E-state index < -0.39 is 20.7 Å². The van der Waals surface area contributed by atoms with E-state index in [0.29, 0.717) is 22.1 Å². The zero-order chi connectivity index (χ0) is 20.9. The van der Waals surface area contributed by atoms with Gasteiger partial charge in [-0.15, -0.1) is 17.7 Å². The van der Waals surface area contributed by atoms with E-state index in [1.165, 1.54) is 12.1 Å². The molecule has 0 aliphatic rings. The van der Waals surface area contributed by atoms with Crippen LogP contribution in [0.25, 0.3) is 10.8 Å². The molecule has 0 aromatic heterocycles. The number of rotatable bonds is 3. The maximum atomic E-state index is 11.3. The van der Waals surface area contributed by atoms with Crippen LogP contribution in [0.1, 0.15) is 5.56 Å². The summed E-state index contributed by atoms with van der Waals surface area (Å²) >= 11 is 0. The van der Waals surface area contributed by atoms with Crippen LogP contribution in [0.5, 0.6) is 0 Å². The van der Waals surface area contributed by atoms with Gasteiger partial charge >= 0.3 is 10.6 Å². The first-order valence-corrected chi connectivity index (χ1v) is 10.1. The van der Waals surface area contributed by atoms with Crippen molar-refractivity contribution >= 4 is 48.6 Å². The Bertz CT molecular complexity index is 1260. The fourth-order valence-electron chi connectivity index (χ4n) is 2.36. The predicted molar refractivity (Wildman–Crippen MR) is 103 cm³/mol. The van der Waals surface area contributed by atoms with Crippen molar-refractivity contribution in [2.45, 2.75) is 11.8 Å². The van der Waals surface area contributed by atoms with Crippen LogP contribution in [-0.4, -0.2) is 25.6 Å². The number of fused-ring (bicyclic) bond motifs is 1. The molecule has 146 valence electrons. The Morgan fingerprint density at radius 2 is 1.50 bits per heavy atom. The van der Waals surface area contributed by atoms with Gasteiger partial charge in [-0.3, -0.25) is 4.55 Å². The average Bonchev–Trinajstić information content (AvgIpc) is 2.61. The van der Waals surface area contributed by atoms with Gasteiger partial charge in [0.05, 0.1) is 16.3 Å². The van der Waals surface area contributed by atoms with Crippen molar-refractivity contribution in [3.8, 4) is 0 Å². The monoisotopic (exact) mass is 421 g/mol. The van der Waals surface area contributed by atoms with E-state index in [9.17, 15) is 13.0 Å². The van der Waals surface area contributed by atoms with Gasteiger partial charge in [-0.05, 0) is 42.8 Å². The van der Waals surface area contributed by atoms with Crippen LogP contribution < -0.4 is 5.73 Å². The second-order valence-electron chi connectivity index (χ2n) is 5.55. The van der Waals surface area contributed by atoms with Crippen molar-refractivity contribution in [1.29, 1.82) is 0 Å². The van der Waals surface area contributed by atoms with Crippen LogP contribution >= 0.6 is 0 Å². The Kier molecular flexibility index (Phi) is 6.57. The van der Waals surface area contributed by atoms with E-state index in [-0.39, 0.29) is 4.90 Å². The Morgan fingerprint density at radius 3 is 2.11 bits per heavy atom. The third kappa shape index (κ3) is 5.42. The second kappa shape index (κ2) is 8.69. The lowest BCUT2D eigenvalue weighted by molar-refractivity contribution is 0.483. The van der Waals surface area contributed by atoms with Gasteiger partial charge in [0.25, 0.3) is 10.1 Å². The van der Waals surface area contributed by atoms with Gasteiger partial charge in [0.15, 0.2) is 0 Å². The highest BCUT2D eigenvalue weighted by Gasteiger charge is 2.12. The van der Waals surface area contributed by atoms with Crippen LogP contribution in [0.15, 0.2) is 69.7 Å². The molecule has 0 aliphatic carbocycles. The zero-order valence-electron chi connectivity index (χ0n) is 14.5. The normalized spacial score (nSPS) is 11.2. The standard InChI is InChI=1S/C17H15N3O3S.O3S/c1-11-4-2-3-5-16(11)19-20-17-9-8-15(18)14-10-12(24(21,22)23)6-7-13(14)17;1-4(2)3/h2-10H,18H2,1H3,(H,21,22,23);. The number of benzene rings is 3. The molecule has 0 saturated carbocycles. The molecule has 0 unspecified atom stereocenters. The molecule has 0 aliphatic heterocycles. The van der Waals surface area contributed by atoms with Gasteiger partial charge in [0.1, 0.15) is 0 Å². The minimum Gasteiger partial charge on any atom is -0.398 e. The first-order valence-electron chi connectivity index (χ1n) is 7.63. The van der Waals surface area contributed by atoms with Crippen molar-refractivity contribution in [2.75, 3.05) is 5.73 Å². The zero-order valence-corrected chi connectivity index (χ0v) is 16.1. The molecule has 9 nitrogen and oxygen atoms in total. The Labute approximate surface area is 162 Å². The highest BCUT2D eigenvalue weighted by molar-refractivity contribution is 7.85. The molecule has 3 N–H and O–H groups in total. The molecule has 0 saturated heterocycles. The predicted octanol–water partition coefficient (Wildman–Crippen LogP) is 3.39. The van der Waals surface area contributed by atoms with E-state index in [0.717, 1.165) is 11.3 Å². The van der Waals surface area contributed by atoms with Crippen molar-refractivity contribution in [3.63, 3.8) is 0 Å². The first kappa shape index (κ1) is 21.2. The third-order valence-electron chi connectivity index (χ3n) is 3.68. The lowest BCUT2D eigenvalue weighted by Gasteiger charge is -2.06. The summed E-state index contributed by atoms with van der Waals surface area (Å²) in [6.45, 7) is 1.94. The molecular formula is C17H15N3O6S2. The van der Waals surface area contributed by atoms with Gasteiger partial charge in [0, 0.05) is 16.5 Å². The maximum absolute atomic E-state index is 11.3. The number of nitrogen functional groups attached to an aromatic ring is 1. The summed E-state index contributed by atoms with van der Waals surface area (Å²) in [5.74, 6) is 0. The number of anilines is 1. The van der Waals surface area contributed by atoms with Crippen LogP contribution in [0.3, 0.4) is 0 Å². The first-order chi connectivity index (χ1) is 13.1. The van der Waals surface area contributed by atoms with E-state index in [2.05, 4.69) is 10.2 Å². The fourth-order valence-corrected chi connectivity index (χ4v) is 2.87. The van der Waals surface area contributed by atoms with Gasteiger partial charge in [0.2, 0.25) is 0 Å². The van der Waals surface area contributed by atoms with E-state index in [1.54, 1.807) is 18.2 Å². The summed E-state index contributed by atoms with van der Waals surface area (Å²) in [7, 11) is -7.41. The fraction of sp³-hybridized carbons (Fsp3) is 0.0588. The van der Waals surface area contributed by atoms with Gasteiger partial charge in [-0.1, -0.05) is 24.3 Å². The lowest BCUT2D eigenvalue weighted by Crippen LogP contribution is -1.98. The number of nitrogens with two attached hydrogens (primary N) is 1. The van der Waals surface area contributed by atoms with Crippen molar-refractivity contribution in [2.24, 2.45) is 10.2 Å². The molecule has 28 heavy (non-hydrogen) atoms. The van der Waals surface area contributed by atoms with E-state index >= 15 is 0 Å². The summed E-state index contributed by atoms with van der Waals surface area (Å²) in [6.07, 6.45) is 0. The molecule has 0 fully saturated rings. The summed E-state index contributed by atoms with van der Waals surface area (Å²) in [5, 5.41) is 9.64. The highest BCUT2D eigenvalue weighted by Crippen LogP contribution is 2.33. The minimum atomic E-state index is -4.29. The minimum absolute atomic E-state index is 0.213. The summed E-state index contributed by atoms with van der Waals surface area (Å²) in [6, 6.07) is 15.1. The average molecular weight is 421 g/mol. The molecular weight excluding hydrogens is 406 g/mol. The number of hydrogen-bond acceptors (Lipinski definition) is 8. The number of nitrogens with zero attached hydrogens (tertiary/aromatic N) is 2. The molecule has 0 spiro atoms. The lowest BCUT2D eigenvalue weighted by atomic mass is 10.1. The van der Waals surface area contributed by atoms with E-state index in [4.69, 9.17) is 18.4 Å². The Morgan fingerprint density at radius 1 is 0.893 bits per heavy atom. The SMILES string of the molecule is Cc1ccccc1N=Nc1ccc(N)c2cc(S(=O)(=O)O)ccc12.O=S(=O)=O. The van der Waals surface area contributed by atoms with Crippen molar-refractivity contribution in [3.05, 3.63) is 60.2 Å². The molecule has 3 rings (SSSR count). The van der Waals surface area contributed by atoms with E-state index in [1.807, 2.05) is 31.2 Å². The Balaban J connectivity index is 0.000000640. The van der Waals surface area contributed by atoms with Crippen molar-refractivity contribution in [1.82, 2.24) is 0 Å².